The molecular formula is C34H31N3O6. The Bertz CT molecular complexity index is 1600. The molecule has 0 aliphatic carbocycles. The Labute approximate surface area is 250 Å². The molecule has 1 saturated heterocycles. The molecule has 218 valence electrons. The molecule has 0 saturated carbocycles. The summed E-state index contributed by atoms with van der Waals surface area (Å²) in [4.78, 5) is 37.2. The number of rotatable bonds is 8. The molecule has 1 fully saturated rings. The molecule has 0 aromatic heterocycles. The van der Waals surface area contributed by atoms with Crippen LogP contribution in [-0.2, 0) is 19.0 Å². The topological polar surface area (TPSA) is 89.9 Å². The van der Waals surface area contributed by atoms with Crippen molar-refractivity contribution in [3.63, 3.8) is 0 Å². The van der Waals surface area contributed by atoms with Gasteiger partial charge < -0.3 is 19.1 Å². The summed E-state index contributed by atoms with van der Waals surface area (Å²) in [5, 5.41) is 1.48. The second-order valence-corrected chi connectivity index (χ2v) is 9.39. The van der Waals surface area contributed by atoms with Gasteiger partial charge in [0.15, 0.2) is 0 Å². The zero-order valence-corrected chi connectivity index (χ0v) is 24.1. The van der Waals surface area contributed by atoms with Crippen molar-refractivity contribution in [2.45, 2.75) is 6.92 Å². The second-order valence-electron chi connectivity index (χ2n) is 9.39. The Balaban J connectivity index is 1.44. The third-order valence-corrected chi connectivity index (χ3v) is 6.63. The third kappa shape index (κ3) is 6.74. The number of para-hydroxylation sites is 2. The standard InChI is InChI=1S/C34H31N3O6/c1-4-36-34(35-31-22-25(32(38)40-2)17-20-30(31)33(39)41-3)43-29(23-42-36)21-24-15-18-28(19-16-24)37(26-11-7-5-8-12-26)27-13-9-6-10-14-27/h5-22H,4,23H2,1-3H3/b29-21+,35-34+. The number of amidine groups is 1. The quantitative estimate of drug-likeness (QED) is 0.206. The minimum absolute atomic E-state index is 0.114. The number of hydrogen-bond acceptors (Lipinski definition) is 8. The number of carbonyl (C=O) groups is 2. The fourth-order valence-corrected chi connectivity index (χ4v) is 4.53. The molecule has 5 rings (SSSR count). The van der Waals surface area contributed by atoms with Crippen molar-refractivity contribution in [3.05, 3.63) is 126 Å². The fourth-order valence-electron chi connectivity index (χ4n) is 4.53. The van der Waals surface area contributed by atoms with Gasteiger partial charge >= 0.3 is 18.0 Å². The molecular weight excluding hydrogens is 546 g/mol. The first-order chi connectivity index (χ1) is 21.0. The van der Waals surface area contributed by atoms with Gasteiger partial charge in [-0.15, -0.1) is 0 Å². The second kappa shape index (κ2) is 13.5. The van der Waals surface area contributed by atoms with Crippen molar-refractivity contribution in [2.24, 2.45) is 4.99 Å². The van der Waals surface area contributed by atoms with Crippen LogP contribution < -0.4 is 4.90 Å². The van der Waals surface area contributed by atoms with Gasteiger partial charge in [-0.3, -0.25) is 4.84 Å². The van der Waals surface area contributed by atoms with Crippen molar-refractivity contribution in [2.75, 3.05) is 32.3 Å². The van der Waals surface area contributed by atoms with Crippen LogP contribution in [0.5, 0.6) is 0 Å². The van der Waals surface area contributed by atoms with E-state index in [9.17, 15) is 9.59 Å². The molecule has 1 aliphatic rings. The van der Waals surface area contributed by atoms with Gasteiger partial charge in [-0.25, -0.2) is 14.7 Å². The summed E-state index contributed by atoms with van der Waals surface area (Å²) in [6.07, 6.45) is 1.87. The molecule has 0 bridgehead atoms. The molecule has 0 spiro atoms. The average molecular weight is 578 g/mol. The van der Waals surface area contributed by atoms with E-state index in [-0.39, 0.29) is 29.4 Å². The number of benzene rings is 4. The Kier molecular flexibility index (Phi) is 9.14. The van der Waals surface area contributed by atoms with Gasteiger partial charge in [0.1, 0.15) is 12.4 Å². The Hall–Kier alpha value is -5.41. The zero-order valence-electron chi connectivity index (χ0n) is 24.1. The van der Waals surface area contributed by atoms with E-state index < -0.39 is 11.9 Å². The fraction of sp³-hybridized carbons (Fsp3) is 0.147. The summed E-state index contributed by atoms with van der Waals surface area (Å²) in [7, 11) is 2.56. The lowest BCUT2D eigenvalue weighted by molar-refractivity contribution is -0.130. The Morgan fingerprint density at radius 2 is 1.44 bits per heavy atom. The number of hydroxylamine groups is 2. The van der Waals surface area contributed by atoms with Gasteiger partial charge in [-0.05, 0) is 73.2 Å². The summed E-state index contributed by atoms with van der Waals surface area (Å²) in [6, 6.07) is 32.9. The van der Waals surface area contributed by atoms with E-state index in [1.807, 2.05) is 73.7 Å². The largest absolute Gasteiger partial charge is 0.465 e. The first kappa shape index (κ1) is 29.1. The first-order valence-electron chi connectivity index (χ1n) is 13.7. The number of hydrogen-bond donors (Lipinski definition) is 0. The zero-order chi connectivity index (χ0) is 30.2. The van der Waals surface area contributed by atoms with Crippen LogP contribution in [0.2, 0.25) is 0 Å². The first-order valence-corrected chi connectivity index (χ1v) is 13.7. The minimum atomic E-state index is -0.605. The van der Waals surface area contributed by atoms with Crippen LogP contribution in [0.4, 0.5) is 22.7 Å². The summed E-state index contributed by atoms with van der Waals surface area (Å²) in [5.41, 5.74) is 4.56. The van der Waals surface area contributed by atoms with Crippen molar-refractivity contribution in [1.29, 1.82) is 0 Å². The molecule has 9 nitrogen and oxygen atoms in total. The van der Waals surface area contributed by atoms with E-state index in [4.69, 9.17) is 19.0 Å². The summed E-state index contributed by atoms with van der Waals surface area (Å²) in [5.74, 6) is -0.650. The summed E-state index contributed by atoms with van der Waals surface area (Å²) in [6.45, 7) is 2.49. The van der Waals surface area contributed by atoms with E-state index in [0.717, 1.165) is 22.6 Å². The molecule has 0 N–H and O–H groups in total. The molecule has 4 aromatic rings. The number of ether oxygens (including phenoxy) is 3. The maximum atomic E-state index is 12.4. The number of anilines is 3. The molecule has 9 heteroatoms. The molecule has 0 radical (unpaired) electrons. The molecule has 1 heterocycles. The van der Waals surface area contributed by atoms with E-state index in [1.165, 1.54) is 37.5 Å². The predicted octanol–water partition coefficient (Wildman–Crippen LogP) is 7.04. The van der Waals surface area contributed by atoms with Gasteiger partial charge in [-0.2, -0.15) is 4.99 Å². The monoisotopic (exact) mass is 577 g/mol. The van der Waals surface area contributed by atoms with Crippen LogP contribution in [0.3, 0.4) is 0 Å². The maximum absolute atomic E-state index is 12.4. The van der Waals surface area contributed by atoms with Crippen molar-refractivity contribution >= 4 is 46.8 Å². The van der Waals surface area contributed by atoms with Crippen LogP contribution in [0.15, 0.2) is 114 Å². The molecule has 0 amide bonds. The maximum Gasteiger partial charge on any atom is 0.340 e. The molecule has 0 unspecified atom stereocenters. The van der Waals surface area contributed by atoms with Crippen molar-refractivity contribution in [1.82, 2.24) is 5.06 Å². The van der Waals surface area contributed by atoms with Gasteiger partial charge in [-0.1, -0.05) is 48.5 Å². The average Bonchev–Trinajstić information content (AvgIpc) is 3.06. The van der Waals surface area contributed by atoms with Crippen molar-refractivity contribution < 1.29 is 28.6 Å². The van der Waals surface area contributed by atoms with E-state index in [0.29, 0.717) is 12.3 Å². The van der Waals surface area contributed by atoms with Gasteiger partial charge in [0.05, 0.1) is 31.0 Å². The van der Waals surface area contributed by atoms with E-state index in [1.54, 1.807) is 0 Å². The number of nitrogens with zero attached hydrogens (tertiary/aromatic N) is 3. The van der Waals surface area contributed by atoms with Gasteiger partial charge in [0.2, 0.25) is 0 Å². The Morgan fingerprint density at radius 3 is 2.02 bits per heavy atom. The van der Waals surface area contributed by atoms with Crippen LogP contribution in [0.1, 0.15) is 33.2 Å². The molecule has 0 atom stereocenters. The number of methoxy groups -OCH3 is 2. The van der Waals surface area contributed by atoms with Crippen LogP contribution in [-0.4, -0.2) is 50.4 Å². The lowest BCUT2D eigenvalue weighted by atomic mass is 10.1. The smallest absolute Gasteiger partial charge is 0.340 e. The lowest BCUT2D eigenvalue weighted by Gasteiger charge is -2.29. The highest BCUT2D eigenvalue weighted by Crippen LogP contribution is 2.34. The number of esters is 2. The summed E-state index contributed by atoms with van der Waals surface area (Å²) < 4.78 is 15.9. The molecule has 1 aliphatic heterocycles. The van der Waals surface area contributed by atoms with E-state index >= 15 is 0 Å². The highest BCUT2D eigenvalue weighted by Gasteiger charge is 2.24. The minimum Gasteiger partial charge on any atom is -0.465 e. The SMILES string of the molecule is CCN1OC/C(=C\c2ccc(N(c3ccccc3)c3ccccc3)cc2)O/C1=N/c1cc(C(=O)OC)ccc1C(=O)OC. The van der Waals surface area contributed by atoms with E-state index in [2.05, 4.69) is 34.2 Å². The molecule has 43 heavy (non-hydrogen) atoms. The number of aliphatic imine (C=N–C) groups is 1. The van der Waals surface area contributed by atoms with Gasteiger partial charge in [0, 0.05) is 23.6 Å². The highest BCUT2D eigenvalue weighted by atomic mass is 16.7. The Morgan fingerprint density at radius 1 is 0.837 bits per heavy atom. The number of carbonyl (C=O) groups excluding carboxylic acids is 2. The predicted molar refractivity (Wildman–Crippen MR) is 165 cm³/mol. The lowest BCUT2D eigenvalue weighted by Crippen LogP contribution is -2.38. The highest BCUT2D eigenvalue weighted by molar-refractivity contribution is 5.99. The van der Waals surface area contributed by atoms with Crippen LogP contribution in [0, 0.1) is 0 Å². The summed E-state index contributed by atoms with van der Waals surface area (Å²) >= 11 is 0. The molecule has 4 aromatic carbocycles. The van der Waals surface area contributed by atoms with Crippen LogP contribution >= 0.6 is 0 Å². The van der Waals surface area contributed by atoms with Gasteiger partial charge in [0.25, 0.3) is 0 Å². The van der Waals surface area contributed by atoms with Crippen LogP contribution in [0.25, 0.3) is 6.08 Å². The normalized spacial score (nSPS) is 14.7. The third-order valence-electron chi connectivity index (χ3n) is 6.63. The van der Waals surface area contributed by atoms with Crippen molar-refractivity contribution in [3.8, 4) is 0 Å².